The van der Waals surface area contributed by atoms with Gasteiger partial charge in [0.05, 0.1) is 5.54 Å². The zero-order valence-electron chi connectivity index (χ0n) is 9.81. The molecule has 1 aliphatic rings. The second kappa shape index (κ2) is 4.55. The van der Waals surface area contributed by atoms with Gasteiger partial charge in [0.2, 0.25) is 5.91 Å². The van der Waals surface area contributed by atoms with Crippen molar-refractivity contribution < 1.29 is 4.79 Å². The van der Waals surface area contributed by atoms with Crippen molar-refractivity contribution in [3.8, 4) is 0 Å². The summed E-state index contributed by atoms with van der Waals surface area (Å²) in [6, 6.07) is 7.65. The molecule has 0 spiro atoms. The van der Waals surface area contributed by atoms with Gasteiger partial charge in [-0.25, -0.2) is 0 Å². The van der Waals surface area contributed by atoms with E-state index in [0.29, 0.717) is 0 Å². The minimum atomic E-state index is -0.534. The van der Waals surface area contributed by atoms with E-state index in [-0.39, 0.29) is 5.91 Å². The van der Waals surface area contributed by atoms with Gasteiger partial charge in [-0.2, -0.15) is 0 Å². The topological polar surface area (TPSA) is 55.1 Å². The molecule has 1 aliphatic carbocycles. The minimum absolute atomic E-state index is 0.0867. The van der Waals surface area contributed by atoms with Crippen molar-refractivity contribution in [2.75, 3.05) is 5.32 Å². The van der Waals surface area contributed by atoms with Gasteiger partial charge in [0.25, 0.3) is 0 Å². The second-order valence-electron chi connectivity index (χ2n) is 4.26. The predicted octanol–water partition coefficient (Wildman–Crippen LogP) is 2.32. The summed E-state index contributed by atoms with van der Waals surface area (Å²) in [5.74, 6) is -0.0867. The Balaban J connectivity index is 2.41. The molecule has 1 amide bonds. The molecule has 1 aromatic rings. The van der Waals surface area contributed by atoms with Crippen molar-refractivity contribution in [2.24, 2.45) is 5.73 Å². The number of carbonyl (C=O) groups is 1. The van der Waals surface area contributed by atoms with E-state index < -0.39 is 5.54 Å². The zero-order chi connectivity index (χ0) is 12.3. The van der Waals surface area contributed by atoms with Gasteiger partial charge in [0.15, 0.2) is 0 Å². The number of rotatable bonds is 2. The van der Waals surface area contributed by atoms with E-state index in [9.17, 15) is 4.79 Å². The molecule has 0 saturated carbocycles. The fraction of sp³-hybridized carbons (Fsp3) is 0.214. The maximum Gasteiger partial charge on any atom is 0.221 e. The molecule has 0 saturated heterocycles. The Labute approximate surface area is 101 Å². The highest BCUT2D eigenvalue weighted by Gasteiger charge is 2.26. The summed E-state index contributed by atoms with van der Waals surface area (Å²) in [6.45, 7) is 1.50. The average Bonchev–Trinajstić information content (AvgIpc) is 2.30. The lowest BCUT2D eigenvalue weighted by Crippen LogP contribution is -2.35. The highest BCUT2D eigenvalue weighted by molar-refractivity contribution is 5.89. The Morgan fingerprint density at radius 3 is 2.76 bits per heavy atom. The van der Waals surface area contributed by atoms with Crippen molar-refractivity contribution in [3.05, 3.63) is 54.1 Å². The lowest BCUT2D eigenvalue weighted by Gasteiger charge is -2.29. The molecular formula is C14H16N2O. The SMILES string of the molecule is CC(=O)Nc1ccccc1C1(N)C=CC=CC1. The standard InChI is InChI=1S/C14H16N2O/c1-11(17)16-13-8-4-3-7-12(13)14(15)9-5-2-6-10-14/h2-9H,10,15H2,1H3,(H,16,17). The third-order valence-corrected chi connectivity index (χ3v) is 2.84. The molecule has 3 N–H and O–H groups in total. The smallest absolute Gasteiger partial charge is 0.221 e. The van der Waals surface area contributed by atoms with Crippen LogP contribution in [-0.2, 0) is 10.3 Å². The van der Waals surface area contributed by atoms with Crippen LogP contribution in [0.25, 0.3) is 0 Å². The molecule has 88 valence electrons. The molecule has 1 atom stereocenters. The molecule has 0 bridgehead atoms. The summed E-state index contributed by atoms with van der Waals surface area (Å²) in [7, 11) is 0. The number of para-hydroxylation sites is 1. The van der Waals surface area contributed by atoms with Gasteiger partial charge < -0.3 is 11.1 Å². The number of amides is 1. The summed E-state index contributed by atoms with van der Waals surface area (Å²) < 4.78 is 0. The van der Waals surface area contributed by atoms with Gasteiger partial charge in [-0.3, -0.25) is 4.79 Å². The van der Waals surface area contributed by atoms with Crippen LogP contribution < -0.4 is 11.1 Å². The van der Waals surface area contributed by atoms with E-state index >= 15 is 0 Å². The first-order valence-electron chi connectivity index (χ1n) is 5.62. The molecule has 2 rings (SSSR count). The van der Waals surface area contributed by atoms with Crippen LogP contribution in [0.3, 0.4) is 0 Å². The first-order valence-corrected chi connectivity index (χ1v) is 5.62. The lowest BCUT2D eigenvalue weighted by molar-refractivity contribution is -0.114. The number of nitrogens with one attached hydrogen (secondary N) is 1. The fourth-order valence-corrected chi connectivity index (χ4v) is 2.02. The van der Waals surface area contributed by atoms with Crippen LogP contribution in [0.4, 0.5) is 5.69 Å². The fourth-order valence-electron chi connectivity index (χ4n) is 2.02. The largest absolute Gasteiger partial charge is 0.326 e. The predicted molar refractivity (Wildman–Crippen MR) is 69.5 cm³/mol. The second-order valence-corrected chi connectivity index (χ2v) is 4.26. The van der Waals surface area contributed by atoms with E-state index in [1.165, 1.54) is 6.92 Å². The van der Waals surface area contributed by atoms with Crippen molar-refractivity contribution in [1.29, 1.82) is 0 Å². The highest BCUT2D eigenvalue weighted by Crippen LogP contribution is 2.32. The molecule has 0 heterocycles. The van der Waals surface area contributed by atoms with E-state index in [0.717, 1.165) is 17.7 Å². The van der Waals surface area contributed by atoms with Gasteiger partial charge in [-0.15, -0.1) is 0 Å². The third-order valence-electron chi connectivity index (χ3n) is 2.84. The molecule has 1 unspecified atom stereocenters. The number of benzene rings is 1. The number of hydrogen-bond acceptors (Lipinski definition) is 2. The summed E-state index contributed by atoms with van der Waals surface area (Å²) in [5, 5.41) is 2.82. The normalized spacial score (nSPS) is 22.5. The molecule has 0 aliphatic heterocycles. The molecule has 0 fully saturated rings. The monoisotopic (exact) mass is 228 g/mol. The van der Waals surface area contributed by atoms with Gasteiger partial charge in [-0.1, -0.05) is 42.5 Å². The van der Waals surface area contributed by atoms with Crippen LogP contribution >= 0.6 is 0 Å². The Hall–Kier alpha value is -1.87. The Morgan fingerprint density at radius 1 is 1.35 bits per heavy atom. The number of nitrogens with two attached hydrogens (primary N) is 1. The van der Waals surface area contributed by atoms with Crippen LogP contribution in [0.1, 0.15) is 18.9 Å². The summed E-state index contributed by atoms with van der Waals surface area (Å²) >= 11 is 0. The molecule has 1 aromatic carbocycles. The summed E-state index contributed by atoms with van der Waals surface area (Å²) in [5.41, 5.74) is 7.55. The minimum Gasteiger partial charge on any atom is -0.326 e. The Morgan fingerprint density at radius 2 is 2.12 bits per heavy atom. The van der Waals surface area contributed by atoms with Crippen molar-refractivity contribution in [3.63, 3.8) is 0 Å². The number of allylic oxidation sites excluding steroid dienone is 2. The van der Waals surface area contributed by atoms with Crippen LogP contribution in [-0.4, -0.2) is 5.91 Å². The first kappa shape index (κ1) is 11.6. The van der Waals surface area contributed by atoms with Gasteiger partial charge in [0.1, 0.15) is 0 Å². The van der Waals surface area contributed by atoms with E-state index in [1.807, 2.05) is 48.6 Å². The maximum absolute atomic E-state index is 11.2. The van der Waals surface area contributed by atoms with Crippen molar-refractivity contribution in [2.45, 2.75) is 18.9 Å². The van der Waals surface area contributed by atoms with Crippen molar-refractivity contribution >= 4 is 11.6 Å². The zero-order valence-corrected chi connectivity index (χ0v) is 9.81. The molecule has 17 heavy (non-hydrogen) atoms. The molecular weight excluding hydrogens is 212 g/mol. The number of carbonyl (C=O) groups excluding carboxylic acids is 1. The molecule has 3 heteroatoms. The highest BCUT2D eigenvalue weighted by atomic mass is 16.1. The molecule has 3 nitrogen and oxygen atoms in total. The Kier molecular flexibility index (Phi) is 3.11. The lowest BCUT2D eigenvalue weighted by atomic mass is 9.84. The van der Waals surface area contributed by atoms with Gasteiger partial charge >= 0.3 is 0 Å². The van der Waals surface area contributed by atoms with Crippen LogP contribution in [0.15, 0.2) is 48.6 Å². The van der Waals surface area contributed by atoms with Gasteiger partial charge in [0, 0.05) is 12.6 Å². The number of anilines is 1. The summed E-state index contributed by atoms with van der Waals surface area (Å²) in [4.78, 5) is 11.2. The third kappa shape index (κ3) is 2.45. The number of hydrogen-bond donors (Lipinski definition) is 2. The van der Waals surface area contributed by atoms with Crippen LogP contribution in [0.5, 0.6) is 0 Å². The van der Waals surface area contributed by atoms with Crippen LogP contribution in [0.2, 0.25) is 0 Å². The van der Waals surface area contributed by atoms with E-state index in [2.05, 4.69) is 5.32 Å². The first-order chi connectivity index (χ1) is 8.12. The van der Waals surface area contributed by atoms with Crippen LogP contribution in [0, 0.1) is 0 Å². The Bertz CT molecular complexity index is 491. The summed E-state index contributed by atoms with van der Waals surface area (Å²) in [6.07, 6.45) is 8.65. The van der Waals surface area contributed by atoms with E-state index in [4.69, 9.17) is 5.73 Å². The quantitative estimate of drug-likeness (QED) is 0.816. The van der Waals surface area contributed by atoms with Gasteiger partial charge in [-0.05, 0) is 18.1 Å². The average molecular weight is 228 g/mol. The molecule has 0 aromatic heterocycles. The van der Waals surface area contributed by atoms with E-state index in [1.54, 1.807) is 0 Å². The molecule has 0 radical (unpaired) electrons. The van der Waals surface area contributed by atoms with Crippen molar-refractivity contribution in [1.82, 2.24) is 0 Å². The maximum atomic E-state index is 11.2.